The van der Waals surface area contributed by atoms with E-state index in [0.717, 1.165) is 19.1 Å². The van der Waals surface area contributed by atoms with Crippen LogP contribution in [0.5, 0.6) is 17.2 Å². The summed E-state index contributed by atoms with van der Waals surface area (Å²) >= 11 is 0. The summed E-state index contributed by atoms with van der Waals surface area (Å²) in [5.41, 5.74) is -1.36. The van der Waals surface area contributed by atoms with Gasteiger partial charge in [-0.25, -0.2) is 0 Å². The molecule has 2 aliphatic rings. The fourth-order valence-corrected chi connectivity index (χ4v) is 4.36. The van der Waals surface area contributed by atoms with Crippen LogP contribution in [0.2, 0.25) is 0 Å². The number of aromatic hydroxyl groups is 1. The van der Waals surface area contributed by atoms with Crippen molar-refractivity contribution >= 4 is 28.9 Å². The molecule has 1 aliphatic heterocycles. The quantitative estimate of drug-likeness (QED) is 0.358. The number of rotatable bonds is 6. The number of benzene rings is 2. The summed E-state index contributed by atoms with van der Waals surface area (Å²) in [5, 5.41) is 24.2. The van der Waals surface area contributed by atoms with Crippen LogP contribution in [-0.2, 0) is 26.3 Å². The van der Waals surface area contributed by atoms with Gasteiger partial charge in [-0.2, -0.15) is 0 Å². The molecule has 180 valence electrons. The first-order valence-corrected chi connectivity index (χ1v) is 10.4. The lowest BCUT2D eigenvalue weighted by Gasteiger charge is -2.30. The number of phenols is 1. The summed E-state index contributed by atoms with van der Waals surface area (Å²) in [6.45, 7) is 2.55. The molecule has 0 saturated heterocycles. The van der Waals surface area contributed by atoms with Crippen LogP contribution in [0.25, 0.3) is 0 Å². The number of amides is 1. The Morgan fingerprint density at radius 2 is 1.91 bits per heavy atom. The summed E-state index contributed by atoms with van der Waals surface area (Å²) in [4.78, 5) is 61.2. The molecular weight excluding hydrogens is 460 g/mol. The molecule has 0 fully saturated rings. The number of carbonyl (C=O) groups is 4. The molecule has 2 aromatic rings. The number of nitro groups is 1. The number of non-ortho nitro benzene ring substituents is 1. The van der Waals surface area contributed by atoms with Crippen molar-refractivity contribution in [2.75, 3.05) is 7.11 Å². The minimum absolute atomic E-state index is 0.000572. The number of nitrogens with one attached hydrogen (secondary N) is 1. The number of phenolic OH excluding ortho intramolecular Hbond substituents is 1. The lowest BCUT2D eigenvalue weighted by atomic mass is 9.67. The molecule has 35 heavy (non-hydrogen) atoms. The normalized spacial score (nSPS) is 20.3. The van der Waals surface area contributed by atoms with Crippen LogP contribution in [0.1, 0.15) is 35.3 Å². The molecule has 2 aromatic carbocycles. The first-order chi connectivity index (χ1) is 16.5. The van der Waals surface area contributed by atoms with E-state index in [1.807, 2.05) is 0 Å². The van der Waals surface area contributed by atoms with Gasteiger partial charge in [0.1, 0.15) is 39.9 Å². The van der Waals surface area contributed by atoms with Crippen molar-refractivity contribution in [2.45, 2.75) is 25.8 Å². The number of nitrogens with zero attached hydrogens (tertiary/aromatic N) is 1. The molecule has 0 radical (unpaired) electrons. The van der Waals surface area contributed by atoms with Gasteiger partial charge in [0.15, 0.2) is 17.3 Å². The van der Waals surface area contributed by atoms with E-state index < -0.39 is 45.3 Å². The van der Waals surface area contributed by atoms with Crippen LogP contribution in [0.4, 0.5) is 5.69 Å². The highest BCUT2D eigenvalue weighted by Gasteiger charge is 2.58. The molecule has 1 amide bonds. The number of hydrogen-bond donors (Lipinski definition) is 2. The molecule has 1 heterocycles. The highest BCUT2D eigenvalue weighted by Crippen LogP contribution is 2.56. The number of allylic oxidation sites excluding steroid dienone is 2. The van der Waals surface area contributed by atoms with Gasteiger partial charge < -0.3 is 19.9 Å². The van der Waals surface area contributed by atoms with E-state index in [1.54, 1.807) is 0 Å². The van der Waals surface area contributed by atoms with Crippen molar-refractivity contribution in [3.63, 3.8) is 0 Å². The summed E-state index contributed by atoms with van der Waals surface area (Å²) < 4.78 is 11.0. The fraction of sp³-hybridized carbons (Fsp3) is 0.250. The zero-order chi connectivity index (χ0) is 25.7. The number of methoxy groups -OCH3 is 1. The van der Waals surface area contributed by atoms with Crippen molar-refractivity contribution in [3.8, 4) is 17.2 Å². The molecule has 11 nitrogen and oxygen atoms in total. The van der Waals surface area contributed by atoms with Crippen LogP contribution in [0, 0.1) is 16.0 Å². The molecule has 1 aliphatic carbocycles. The SMILES string of the molecule is COc1cc(O)c2c(c1C(=O)NCc1ccc([N+](=O)[O-])cc1)OC1=CC(=O)C(C(C)=O)C(=O)[C@]12C. The number of fused-ring (bicyclic) bond motifs is 3. The van der Waals surface area contributed by atoms with E-state index in [0.29, 0.717) is 5.56 Å². The van der Waals surface area contributed by atoms with E-state index >= 15 is 0 Å². The lowest BCUT2D eigenvalue weighted by molar-refractivity contribution is -0.384. The Bertz CT molecular complexity index is 1340. The molecule has 0 spiro atoms. The summed E-state index contributed by atoms with van der Waals surface area (Å²) in [7, 11) is 1.28. The number of ether oxygens (including phenoxy) is 2. The zero-order valence-corrected chi connectivity index (χ0v) is 18.9. The molecule has 1 unspecified atom stereocenters. The fourth-order valence-electron chi connectivity index (χ4n) is 4.36. The Balaban J connectivity index is 1.75. The molecule has 0 saturated carbocycles. The number of ketones is 3. The van der Waals surface area contributed by atoms with Crippen LogP contribution in [-0.4, -0.2) is 40.4 Å². The Morgan fingerprint density at radius 3 is 2.49 bits per heavy atom. The van der Waals surface area contributed by atoms with E-state index in [-0.39, 0.29) is 40.6 Å². The van der Waals surface area contributed by atoms with Gasteiger partial charge in [-0.3, -0.25) is 29.3 Å². The van der Waals surface area contributed by atoms with Gasteiger partial charge in [0.2, 0.25) is 0 Å². The van der Waals surface area contributed by atoms with Crippen molar-refractivity contribution < 1.29 is 38.7 Å². The Morgan fingerprint density at radius 1 is 1.26 bits per heavy atom. The topological polar surface area (TPSA) is 162 Å². The van der Waals surface area contributed by atoms with Crippen LogP contribution >= 0.6 is 0 Å². The summed E-state index contributed by atoms with van der Waals surface area (Å²) in [6.07, 6.45) is 1.04. The van der Waals surface area contributed by atoms with Gasteiger partial charge in [0.25, 0.3) is 11.6 Å². The molecule has 0 bridgehead atoms. The predicted molar refractivity (Wildman–Crippen MR) is 119 cm³/mol. The Labute approximate surface area is 198 Å². The molecular formula is C24H20N2O9. The maximum atomic E-state index is 13.3. The van der Waals surface area contributed by atoms with Crippen LogP contribution in [0.15, 0.2) is 42.2 Å². The second kappa shape index (κ2) is 8.35. The van der Waals surface area contributed by atoms with E-state index in [2.05, 4.69) is 5.32 Å². The first kappa shape index (κ1) is 23.6. The number of hydrogen-bond acceptors (Lipinski definition) is 9. The second-order valence-electron chi connectivity index (χ2n) is 8.33. The Hall–Kier alpha value is -4.54. The van der Waals surface area contributed by atoms with Gasteiger partial charge >= 0.3 is 0 Å². The summed E-state index contributed by atoms with van der Waals surface area (Å²) in [6, 6.07) is 6.73. The Kier molecular flexibility index (Phi) is 5.63. The molecule has 4 rings (SSSR count). The third kappa shape index (κ3) is 3.61. The monoisotopic (exact) mass is 480 g/mol. The van der Waals surface area contributed by atoms with Crippen molar-refractivity contribution in [3.05, 3.63) is 69.0 Å². The van der Waals surface area contributed by atoms with Crippen molar-refractivity contribution in [1.82, 2.24) is 5.32 Å². The van der Waals surface area contributed by atoms with Crippen molar-refractivity contribution in [1.29, 1.82) is 0 Å². The minimum Gasteiger partial charge on any atom is -0.507 e. The maximum absolute atomic E-state index is 13.3. The number of Topliss-reactive ketones (excluding diaryl/α,β-unsaturated/α-hetero) is 2. The first-order valence-electron chi connectivity index (χ1n) is 10.4. The average molecular weight is 480 g/mol. The third-order valence-corrected chi connectivity index (χ3v) is 6.20. The number of nitro benzene ring substituents is 1. The maximum Gasteiger partial charge on any atom is 0.269 e. The van der Waals surface area contributed by atoms with Gasteiger partial charge in [-0.1, -0.05) is 12.1 Å². The van der Waals surface area contributed by atoms with E-state index in [4.69, 9.17) is 9.47 Å². The molecule has 11 heteroatoms. The van der Waals surface area contributed by atoms with Crippen LogP contribution in [0.3, 0.4) is 0 Å². The summed E-state index contributed by atoms with van der Waals surface area (Å²) in [5.74, 6) is -5.08. The standard InChI is InChI=1S/C24H20N2O9/c1-11(27)18-14(28)9-17-24(2,22(18)30)20-15(29)8-16(34-3)19(21(20)35-17)23(31)25-10-12-4-6-13(7-5-12)26(32)33/h4-9,18,29H,10H2,1-3H3,(H,25,31)/t18?,24-/m1/s1. The average Bonchev–Trinajstić information content (AvgIpc) is 3.11. The zero-order valence-electron chi connectivity index (χ0n) is 18.9. The third-order valence-electron chi connectivity index (χ3n) is 6.20. The molecule has 2 N–H and O–H groups in total. The van der Waals surface area contributed by atoms with Gasteiger partial charge in [0, 0.05) is 30.8 Å². The molecule has 0 aromatic heterocycles. The van der Waals surface area contributed by atoms with Gasteiger partial charge in [-0.05, 0) is 19.4 Å². The largest absolute Gasteiger partial charge is 0.507 e. The highest BCUT2D eigenvalue weighted by molar-refractivity contribution is 6.27. The lowest BCUT2D eigenvalue weighted by Crippen LogP contribution is -2.47. The number of carbonyl (C=O) groups excluding carboxylic acids is 4. The van der Waals surface area contributed by atoms with Gasteiger partial charge in [-0.15, -0.1) is 0 Å². The van der Waals surface area contributed by atoms with Gasteiger partial charge in [0.05, 0.1) is 17.6 Å². The highest BCUT2D eigenvalue weighted by atomic mass is 16.6. The van der Waals surface area contributed by atoms with Crippen molar-refractivity contribution in [2.24, 2.45) is 5.92 Å². The smallest absolute Gasteiger partial charge is 0.269 e. The van der Waals surface area contributed by atoms with E-state index in [1.165, 1.54) is 38.3 Å². The molecule has 2 atom stereocenters. The minimum atomic E-state index is -1.66. The van der Waals surface area contributed by atoms with Crippen LogP contribution < -0.4 is 14.8 Å². The second-order valence-corrected chi connectivity index (χ2v) is 8.33. The predicted octanol–water partition coefficient (Wildman–Crippen LogP) is 2.13. The van der Waals surface area contributed by atoms with E-state index in [9.17, 15) is 34.4 Å².